The van der Waals surface area contributed by atoms with Crippen molar-refractivity contribution < 1.29 is 29.1 Å². The van der Waals surface area contributed by atoms with E-state index in [9.17, 15) is 0 Å². The molecule has 0 heterocycles. The van der Waals surface area contributed by atoms with E-state index in [2.05, 4.69) is 45.2 Å². The van der Waals surface area contributed by atoms with Gasteiger partial charge in [0.2, 0.25) is 0 Å². The van der Waals surface area contributed by atoms with Gasteiger partial charge in [0.1, 0.15) is 0 Å². The summed E-state index contributed by atoms with van der Waals surface area (Å²) in [4.78, 5) is 7.27. The van der Waals surface area contributed by atoms with Gasteiger partial charge in [-0.3, -0.25) is 6.08 Å². The van der Waals surface area contributed by atoms with Crippen LogP contribution < -0.4 is 0 Å². The molecule has 2 heteroatoms. The van der Waals surface area contributed by atoms with E-state index in [0.717, 1.165) is 12.8 Å². The fourth-order valence-electron chi connectivity index (χ4n) is 1.26. The van der Waals surface area contributed by atoms with Crippen LogP contribution in [0.2, 0.25) is 14.8 Å². The van der Waals surface area contributed by atoms with E-state index < -0.39 is 18.4 Å². The SMILES string of the molecule is [C-]1=CC=CC1.[CH3][Sn]([CH3])([CH3])[C]1=[C-]CC=C1.[H-].[H-].[Zr+4]. The summed E-state index contributed by atoms with van der Waals surface area (Å²) in [6, 6.07) is 0. The summed E-state index contributed by atoms with van der Waals surface area (Å²) >= 11 is -1.67. The van der Waals surface area contributed by atoms with E-state index >= 15 is 0 Å². The first-order chi connectivity index (χ1) is 6.61. The Morgan fingerprint density at radius 3 is 2.13 bits per heavy atom. The van der Waals surface area contributed by atoms with Crippen LogP contribution in [0.15, 0.2) is 34.0 Å². The van der Waals surface area contributed by atoms with Gasteiger partial charge >= 0.3 is 87.6 Å². The number of hydrogen-bond acceptors (Lipinski definition) is 0. The quantitative estimate of drug-likeness (QED) is 0.471. The normalized spacial score (nSPS) is 16.9. The summed E-state index contributed by atoms with van der Waals surface area (Å²) < 4.78 is 1.56. The van der Waals surface area contributed by atoms with Gasteiger partial charge in [0.15, 0.2) is 0 Å². The zero-order valence-electron chi connectivity index (χ0n) is 11.8. The van der Waals surface area contributed by atoms with Crippen LogP contribution in [0.3, 0.4) is 0 Å². The van der Waals surface area contributed by atoms with Crippen molar-refractivity contribution in [2.75, 3.05) is 0 Å². The van der Waals surface area contributed by atoms with E-state index in [0.29, 0.717) is 0 Å². The first kappa shape index (κ1) is 15.6. The van der Waals surface area contributed by atoms with Crippen LogP contribution in [-0.4, -0.2) is 18.4 Å². The number of rotatable bonds is 1. The van der Waals surface area contributed by atoms with Gasteiger partial charge in [-0.15, -0.1) is 6.42 Å². The second kappa shape index (κ2) is 7.84. The average molecular weight is 386 g/mol. The average Bonchev–Trinajstić information content (AvgIpc) is 2.80. The van der Waals surface area contributed by atoms with Crippen LogP contribution in [0, 0.1) is 12.2 Å². The van der Waals surface area contributed by atoms with Crippen molar-refractivity contribution in [3.05, 3.63) is 46.1 Å². The molecule has 0 aromatic rings. The molecule has 0 amide bonds. The maximum Gasteiger partial charge on any atom is 4.00 e. The topological polar surface area (TPSA) is 0 Å². The molecule has 0 spiro atoms. The molecule has 0 saturated heterocycles. The van der Waals surface area contributed by atoms with Crippen molar-refractivity contribution in [1.29, 1.82) is 0 Å². The molecule has 2 aliphatic carbocycles. The zero-order valence-corrected chi connectivity index (χ0v) is 15.1. The number of allylic oxidation sites excluding steroid dienone is 8. The molecule has 0 aromatic heterocycles. The van der Waals surface area contributed by atoms with Gasteiger partial charge in [-0.2, -0.15) is 6.08 Å². The van der Waals surface area contributed by atoms with Crippen molar-refractivity contribution in [3.63, 3.8) is 0 Å². The summed E-state index contributed by atoms with van der Waals surface area (Å²) in [5.74, 6) is 0. The molecule has 0 fully saturated rings. The molecule has 0 N–H and O–H groups in total. The summed E-state index contributed by atoms with van der Waals surface area (Å²) in [6.07, 6.45) is 18.9. The molecule has 0 saturated carbocycles. The minimum Gasteiger partial charge on any atom is -1.00 e. The molecule has 0 radical (unpaired) electrons. The van der Waals surface area contributed by atoms with E-state index in [1.165, 1.54) is 0 Å². The molecule has 0 atom stereocenters. The van der Waals surface area contributed by atoms with Gasteiger partial charge in [0.05, 0.1) is 0 Å². The molecule has 2 rings (SSSR count). The Labute approximate surface area is 120 Å². The second-order valence-electron chi connectivity index (χ2n) is 4.45. The monoisotopic (exact) mass is 386 g/mol. The van der Waals surface area contributed by atoms with Crippen molar-refractivity contribution in [1.82, 2.24) is 0 Å². The fourth-order valence-corrected chi connectivity index (χ4v) is 4.83. The Morgan fingerprint density at radius 1 is 1.20 bits per heavy atom. The summed E-state index contributed by atoms with van der Waals surface area (Å²) in [6.45, 7) is 0. The maximum absolute atomic E-state index is 3.40. The molecular formula is C13H20SnZr. The Morgan fingerprint density at radius 2 is 1.93 bits per heavy atom. The molecule has 0 aliphatic heterocycles. The van der Waals surface area contributed by atoms with Crippen LogP contribution in [0.4, 0.5) is 0 Å². The fraction of sp³-hybridized carbons (Fsp3) is 0.385. The molecule has 15 heavy (non-hydrogen) atoms. The van der Waals surface area contributed by atoms with Crippen molar-refractivity contribution in [2.45, 2.75) is 27.7 Å². The predicted octanol–water partition coefficient (Wildman–Crippen LogP) is 4.08. The Bertz CT molecular complexity index is 289. The third-order valence-electron chi connectivity index (χ3n) is 2.09. The predicted molar refractivity (Wildman–Crippen MR) is 67.7 cm³/mol. The Hall–Kier alpha value is 0.642. The Kier molecular flexibility index (Phi) is 8.18. The zero-order chi connectivity index (χ0) is 10.4. The van der Waals surface area contributed by atoms with Crippen LogP contribution in [0.5, 0.6) is 0 Å². The summed E-state index contributed by atoms with van der Waals surface area (Å²) in [5, 5.41) is 0. The van der Waals surface area contributed by atoms with Crippen molar-refractivity contribution in [3.8, 4) is 0 Å². The van der Waals surface area contributed by atoms with Gasteiger partial charge < -0.3 is 2.85 Å². The maximum atomic E-state index is 3.40. The van der Waals surface area contributed by atoms with Gasteiger partial charge in [-0.1, -0.05) is 0 Å². The molecule has 0 nitrogen and oxygen atoms in total. The number of hydrogen-bond donors (Lipinski definition) is 0. The smallest absolute Gasteiger partial charge is 1.00 e. The summed E-state index contributed by atoms with van der Waals surface area (Å²) in [7, 11) is 0. The first-order valence-corrected chi connectivity index (χ1v) is 15.1. The minimum atomic E-state index is -1.67. The standard InChI is InChI=1S/C5H5.C5H4.3CH3.Sn.Zr.2H/c2*1-2-4-5-3-1;;;;;;;/h1-3H,4H2;1-2H,3H2;3*1H3;;;;/q2*-1;;;;;+4;2*-1. The van der Waals surface area contributed by atoms with Gasteiger partial charge in [0.25, 0.3) is 0 Å². The molecule has 0 unspecified atom stereocenters. The van der Waals surface area contributed by atoms with Crippen LogP contribution in [0.1, 0.15) is 15.7 Å². The van der Waals surface area contributed by atoms with Gasteiger partial charge in [-0.25, -0.2) is 12.2 Å². The molecule has 0 aromatic carbocycles. The van der Waals surface area contributed by atoms with Crippen molar-refractivity contribution >= 4 is 18.4 Å². The van der Waals surface area contributed by atoms with E-state index in [1.807, 2.05) is 12.2 Å². The van der Waals surface area contributed by atoms with Gasteiger partial charge in [-0.05, 0) is 0 Å². The summed E-state index contributed by atoms with van der Waals surface area (Å²) in [5.41, 5.74) is 0. The molecule has 0 bridgehead atoms. The van der Waals surface area contributed by atoms with Crippen LogP contribution in [0.25, 0.3) is 0 Å². The van der Waals surface area contributed by atoms with Gasteiger partial charge in [0, 0.05) is 0 Å². The third-order valence-corrected chi connectivity index (χ3v) is 7.68. The third kappa shape index (κ3) is 6.73. The van der Waals surface area contributed by atoms with E-state index in [1.54, 1.807) is 3.59 Å². The second-order valence-corrected chi connectivity index (χ2v) is 18.8. The Balaban J connectivity index is -0.000000216. The first-order valence-electron chi connectivity index (χ1n) is 5.10. The molecular weight excluding hydrogens is 366 g/mol. The van der Waals surface area contributed by atoms with Crippen LogP contribution in [-0.2, 0) is 26.2 Å². The minimum absolute atomic E-state index is 0. The van der Waals surface area contributed by atoms with E-state index in [-0.39, 0.29) is 29.1 Å². The van der Waals surface area contributed by atoms with Crippen LogP contribution >= 0.6 is 0 Å². The largest absolute Gasteiger partial charge is 4.00 e. The van der Waals surface area contributed by atoms with E-state index in [4.69, 9.17) is 0 Å². The molecule has 2 aliphatic rings. The molecule has 80 valence electrons. The van der Waals surface area contributed by atoms with Crippen molar-refractivity contribution in [2.24, 2.45) is 0 Å².